The highest BCUT2D eigenvalue weighted by Gasteiger charge is 2.32. The molecule has 0 spiro atoms. The molecule has 0 saturated carbocycles. The standard InChI is InChI=1S/C16H24N2O2.ClH/c1-19-15-2-4-16(5-3-15)20-9-8-18-7-6-13-10-17-11-14(13)12-18;/h2-5,13-14,17H,6-12H2,1H3;1H. The van der Waals surface area contributed by atoms with Gasteiger partial charge < -0.3 is 14.8 Å². The molecule has 2 unspecified atom stereocenters. The fourth-order valence-electron chi connectivity index (χ4n) is 3.28. The van der Waals surface area contributed by atoms with E-state index in [0.717, 1.165) is 36.5 Å². The van der Waals surface area contributed by atoms with Crippen molar-refractivity contribution in [2.24, 2.45) is 11.8 Å². The van der Waals surface area contributed by atoms with Crippen LogP contribution in [0.15, 0.2) is 24.3 Å². The van der Waals surface area contributed by atoms with Crippen molar-refractivity contribution in [2.45, 2.75) is 6.42 Å². The largest absolute Gasteiger partial charge is 0.497 e. The molecular weight excluding hydrogens is 288 g/mol. The van der Waals surface area contributed by atoms with E-state index in [9.17, 15) is 0 Å². The third-order valence-corrected chi connectivity index (χ3v) is 4.52. The summed E-state index contributed by atoms with van der Waals surface area (Å²) in [6.45, 7) is 6.65. The number of likely N-dealkylation sites (tertiary alicyclic amines) is 1. The van der Waals surface area contributed by atoms with Crippen LogP contribution in [0.25, 0.3) is 0 Å². The summed E-state index contributed by atoms with van der Waals surface area (Å²) in [5.41, 5.74) is 0. The number of benzene rings is 1. The highest BCUT2D eigenvalue weighted by atomic mass is 35.5. The quantitative estimate of drug-likeness (QED) is 0.902. The Kier molecular flexibility index (Phi) is 6.15. The van der Waals surface area contributed by atoms with Crippen LogP contribution in [0.5, 0.6) is 11.5 Å². The lowest BCUT2D eigenvalue weighted by molar-refractivity contribution is 0.127. The zero-order valence-corrected chi connectivity index (χ0v) is 13.4. The molecule has 2 aliphatic rings. The first-order valence-corrected chi connectivity index (χ1v) is 7.55. The molecular formula is C16H25ClN2O2. The Morgan fingerprint density at radius 3 is 2.62 bits per heavy atom. The predicted octanol–water partition coefficient (Wildman–Crippen LogP) is 2.04. The lowest BCUT2D eigenvalue weighted by Gasteiger charge is -2.34. The Balaban J connectivity index is 0.00000161. The first-order chi connectivity index (χ1) is 9.85. The van der Waals surface area contributed by atoms with E-state index < -0.39 is 0 Å². The first-order valence-electron chi connectivity index (χ1n) is 7.55. The number of nitrogens with one attached hydrogen (secondary N) is 1. The van der Waals surface area contributed by atoms with Crippen molar-refractivity contribution in [3.8, 4) is 11.5 Å². The molecule has 0 amide bonds. The summed E-state index contributed by atoms with van der Waals surface area (Å²) in [6.07, 6.45) is 1.33. The predicted molar refractivity (Wildman–Crippen MR) is 86.6 cm³/mol. The summed E-state index contributed by atoms with van der Waals surface area (Å²) in [7, 11) is 1.68. The minimum Gasteiger partial charge on any atom is -0.497 e. The molecule has 4 nitrogen and oxygen atoms in total. The fourth-order valence-corrected chi connectivity index (χ4v) is 3.28. The molecule has 0 radical (unpaired) electrons. The lowest BCUT2D eigenvalue weighted by Crippen LogP contribution is -2.41. The number of nitrogens with zero attached hydrogens (tertiary/aromatic N) is 1. The summed E-state index contributed by atoms with van der Waals surface area (Å²) >= 11 is 0. The number of fused-ring (bicyclic) bond motifs is 1. The number of hydrogen-bond acceptors (Lipinski definition) is 4. The van der Waals surface area contributed by atoms with E-state index in [4.69, 9.17) is 9.47 Å². The molecule has 0 bridgehead atoms. The fraction of sp³-hybridized carbons (Fsp3) is 0.625. The van der Waals surface area contributed by atoms with Gasteiger partial charge in [0.05, 0.1) is 7.11 Å². The Morgan fingerprint density at radius 1 is 1.14 bits per heavy atom. The number of hydrogen-bond donors (Lipinski definition) is 1. The summed E-state index contributed by atoms with van der Waals surface area (Å²) in [5.74, 6) is 3.55. The maximum Gasteiger partial charge on any atom is 0.119 e. The molecule has 2 atom stereocenters. The van der Waals surface area contributed by atoms with E-state index in [-0.39, 0.29) is 12.4 Å². The molecule has 2 aliphatic heterocycles. The highest BCUT2D eigenvalue weighted by molar-refractivity contribution is 5.85. The molecule has 1 aromatic rings. The Hall–Kier alpha value is -0.970. The van der Waals surface area contributed by atoms with Crippen LogP contribution in [0.4, 0.5) is 0 Å². The van der Waals surface area contributed by atoms with Gasteiger partial charge in [-0.3, -0.25) is 4.90 Å². The van der Waals surface area contributed by atoms with Crippen molar-refractivity contribution < 1.29 is 9.47 Å². The Labute approximate surface area is 133 Å². The SMILES string of the molecule is COc1ccc(OCCN2CCC3CNCC3C2)cc1.Cl. The summed E-state index contributed by atoms with van der Waals surface area (Å²) in [5, 5.41) is 3.51. The van der Waals surface area contributed by atoms with Crippen LogP contribution in [0.2, 0.25) is 0 Å². The zero-order valence-electron chi connectivity index (χ0n) is 12.6. The van der Waals surface area contributed by atoms with Crippen molar-refractivity contribution in [1.82, 2.24) is 10.2 Å². The smallest absolute Gasteiger partial charge is 0.119 e. The van der Waals surface area contributed by atoms with Crippen LogP contribution >= 0.6 is 12.4 Å². The van der Waals surface area contributed by atoms with E-state index in [0.29, 0.717) is 0 Å². The molecule has 2 heterocycles. The molecule has 0 aromatic heterocycles. The van der Waals surface area contributed by atoms with Gasteiger partial charge in [0.1, 0.15) is 18.1 Å². The minimum absolute atomic E-state index is 0. The second kappa shape index (κ2) is 7.87. The summed E-state index contributed by atoms with van der Waals surface area (Å²) in [4.78, 5) is 2.54. The van der Waals surface area contributed by atoms with Gasteiger partial charge in [-0.15, -0.1) is 12.4 Å². The van der Waals surface area contributed by atoms with E-state index in [2.05, 4.69) is 10.2 Å². The second-order valence-electron chi connectivity index (χ2n) is 5.79. The van der Waals surface area contributed by atoms with Crippen molar-refractivity contribution in [1.29, 1.82) is 0 Å². The van der Waals surface area contributed by atoms with Crippen LogP contribution in [-0.4, -0.2) is 51.3 Å². The summed E-state index contributed by atoms with van der Waals surface area (Å²) in [6, 6.07) is 7.80. The number of rotatable bonds is 5. The molecule has 3 rings (SSSR count). The Bertz CT molecular complexity index is 427. The maximum atomic E-state index is 5.81. The van der Waals surface area contributed by atoms with Gasteiger partial charge in [-0.2, -0.15) is 0 Å². The van der Waals surface area contributed by atoms with E-state index in [1.54, 1.807) is 7.11 Å². The first kappa shape index (κ1) is 16.4. The molecule has 1 N–H and O–H groups in total. The topological polar surface area (TPSA) is 33.7 Å². The number of ether oxygens (including phenoxy) is 2. The average Bonchev–Trinajstić information content (AvgIpc) is 2.95. The number of methoxy groups -OCH3 is 1. The van der Waals surface area contributed by atoms with Crippen LogP contribution in [0.1, 0.15) is 6.42 Å². The van der Waals surface area contributed by atoms with Gasteiger partial charge in [-0.1, -0.05) is 0 Å². The van der Waals surface area contributed by atoms with Crippen LogP contribution in [-0.2, 0) is 0 Å². The molecule has 21 heavy (non-hydrogen) atoms. The Morgan fingerprint density at radius 2 is 1.86 bits per heavy atom. The third kappa shape index (κ3) is 4.25. The van der Waals surface area contributed by atoms with Gasteiger partial charge in [0.2, 0.25) is 0 Å². The van der Waals surface area contributed by atoms with Gasteiger partial charge in [-0.05, 0) is 62.2 Å². The average molecular weight is 313 g/mol. The van der Waals surface area contributed by atoms with Crippen LogP contribution in [0, 0.1) is 11.8 Å². The van der Waals surface area contributed by atoms with Crippen molar-refractivity contribution >= 4 is 12.4 Å². The molecule has 2 saturated heterocycles. The monoisotopic (exact) mass is 312 g/mol. The minimum atomic E-state index is 0. The maximum absolute atomic E-state index is 5.81. The normalized spacial score (nSPS) is 25.0. The zero-order chi connectivity index (χ0) is 13.8. The van der Waals surface area contributed by atoms with Crippen LogP contribution < -0.4 is 14.8 Å². The van der Waals surface area contributed by atoms with Gasteiger partial charge in [0.15, 0.2) is 0 Å². The van der Waals surface area contributed by atoms with E-state index in [1.807, 2.05) is 24.3 Å². The van der Waals surface area contributed by atoms with E-state index >= 15 is 0 Å². The van der Waals surface area contributed by atoms with Gasteiger partial charge in [0, 0.05) is 13.1 Å². The van der Waals surface area contributed by atoms with Crippen molar-refractivity contribution in [3.05, 3.63) is 24.3 Å². The molecule has 1 aromatic carbocycles. The van der Waals surface area contributed by atoms with Gasteiger partial charge >= 0.3 is 0 Å². The van der Waals surface area contributed by atoms with E-state index in [1.165, 1.54) is 32.6 Å². The number of halogens is 1. The molecule has 118 valence electrons. The number of piperidine rings is 1. The van der Waals surface area contributed by atoms with Crippen LogP contribution in [0.3, 0.4) is 0 Å². The highest BCUT2D eigenvalue weighted by Crippen LogP contribution is 2.26. The van der Waals surface area contributed by atoms with Crippen molar-refractivity contribution in [2.75, 3.05) is 46.4 Å². The molecule has 5 heteroatoms. The molecule has 0 aliphatic carbocycles. The van der Waals surface area contributed by atoms with Crippen molar-refractivity contribution in [3.63, 3.8) is 0 Å². The van der Waals surface area contributed by atoms with Gasteiger partial charge in [0.25, 0.3) is 0 Å². The third-order valence-electron chi connectivity index (χ3n) is 4.52. The second-order valence-corrected chi connectivity index (χ2v) is 5.79. The van der Waals surface area contributed by atoms with Gasteiger partial charge in [-0.25, -0.2) is 0 Å². The lowest BCUT2D eigenvalue weighted by atomic mass is 9.89. The summed E-state index contributed by atoms with van der Waals surface area (Å²) < 4.78 is 10.9. The molecule has 2 fully saturated rings.